The Kier molecular flexibility index (Phi) is 4.56. The van der Waals surface area contributed by atoms with Crippen LogP contribution in [-0.4, -0.2) is 10.8 Å². The molecule has 0 fully saturated rings. The molecule has 1 atom stereocenters. The van der Waals surface area contributed by atoms with Crippen LogP contribution in [0.3, 0.4) is 0 Å². The molecule has 1 unspecified atom stereocenters. The van der Waals surface area contributed by atoms with E-state index >= 15 is 0 Å². The molecule has 0 radical (unpaired) electrons. The molecule has 0 N–H and O–H groups in total. The van der Waals surface area contributed by atoms with E-state index in [2.05, 4.69) is 4.98 Å². The smallest absolute Gasteiger partial charge is 0.299 e. The Morgan fingerprint density at radius 2 is 1.82 bits per heavy atom. The molecule has 0 aliphatic rings. The van der Waals surface area contributed by atoms with E-state index in [1.165, 1.54) is 13.0 Å². The molecule has 116 valence electrons. The fourth-order valence-electron chi connectivity index (χ4n) is 2.19. The number of Topliss-reactive ketones (excluding diaryl/α,β-unsaturated/α-hetero) is 1. The topological polar surface area (TPSA) is 30.0 Å². The highest BCUT2D eigenvalue weighted by Gasteiger charge is 2.32. The average Bonchev–Trinajstić information content (AvgIpc) is 2.42. The van der Waals surface area contributed by atoms with E-state index in [4.69, 9.17) is 11.6 Å². The van der Waals surface area contributed by atoms with Gasteiger partial charge in [-0.05, 0) is 42.7 Å². The first-order valence-electron chi connectivity index (χ1n) is 6.50. The Balaban J connectivity index is 2.44. The van der Waals surface area contributed by atoms with E-state index < -0.39 is 17.8 Å². The highest BCUT2D eigenvalue weighted by atomic mass is 35.5. The Morgan fingerprint density at radius 3 is 2.27 bits per heavy atom. The third-order valence-corrected chi connectivity index (χ3v) is 3.75. The molecular formula is C16H13ClF3NO. The zero-order chi connectivity index (χ0) is 16.5. The van der Waals surface area contributed by atoms with E-state index in [-0.39, 0.29) is 5.78 Å². The maximum absolute atomic E-state index is 12.6. The number of halogens is 4. The van der Waals surface area contributed by atoms with E-state index in [9.17, 15) is 18.0 Å². The van der Waals surface area contributed by atoms with Crippen molar-refractivity contribution in [3.8, 4) is 0 Å². The predicted molar refractivity (Wildman–Crippen MR) is 78.0 cm³/mol. The summed E-state index contributed by atoms with van der Waals surface area (Å²) in [4.78, 5) is 15.3. The maximum Gasteiger partial charge on any atom is 0.433 e. The summed E-state index contributed by atoms with van der Waals surface area (Å²) < 4.78 is 37.7. The lowest BCUT2D eigenvalue weighted by molar-refractivity contribution is -0.141. The fourth-order valence-corrected chi connectivity index (χ4v) is 2.38. The Bertz CT molecular complexity index is 696. The summed E-state index contributed by atoms with van der Waals surface area (Å²) in [6.07, 6.45) is -3.42. The van der Waals surface area contributed by atoms with Gasteiger partial charge in [0, 0.05) is 11.2 Å². The number of nitrogens with zero attached hydrogens (tertiary/aromatic N) is 1. The number of hydrogen-bond acceptors (Lipinski definition) is 2. The normalized spacial score (nSPS) is 13.0. The van der Waals surface area contributed by atoms with Crippen LogP contribution >= 0.6 is 11.6 Å². The Morgan fingerprint density at radius 1 is 1.18 bits per heavy atom. The van der Waals surface area contributed by atoms with Crippen molar-refractivity contribution < 1.29 is 18.0 Å². The second kappa shape index (κ2) is 6.08. The molecule has 2 aromatic rings. The number of carbonyl (C=O) groups is 1. The highest BCUT2D eigenvalue weighted by molar-refractivity contribution is 6.31. The first-order valence-corrected chi connectivity index (χ1v) is 6.87. The van der Waals surface area contributed by atoms with Crippen LogP contribution in [0.1, 0.15) is 35.2 Å². The first-order chi connectivity index (χ1) is 10.2. The third-order valence-electron chi connectivity index (χ3n) is 3.35. The van der Waals surface area contributed by atoms with Gasteiger partial charge in [-0.1, -0.05) is 29.8 Å². The molecule has 0 saturated carbocycles. The van der Waals surface area contributed by atoms with Crippen LogP contribution in [0.25, 0.3) is 0 Å². The van der Waals surface area contributed by atoms with Crippen LogP contribution in [0.15, 0.2) is 36.5 Å². The van der Waals surface area contributed by atoms with Crippen molar-refractivity contribution in [1.82, 2.24) is 4.98 Å². The second-order valence-electron chi connectivity index (χ2n) is 5.03. The monoisotopic (exact) mass is 327 g/mol. The maximum atomic E-state index is 12.6. The summed E-state index contributed by atoms with van der Waals surface area (Å²) in [6, 6.07) is 7.31. The predicted octanol–water partition coefficient (Wildman–Crippen LogP) is 4.78. The quantitative estimate of drug-likeness (QED) is 0.811. The summed E-state index contributed by atoms with van der Waals surface area (Å²) >= 11 is 6.06. The van der Waals surface area contributed by atoms with Gasteiger partial charge in [0.2, 0.25) is 0 Å². The van der Waals surface area contributed by atoms with E-state index in [0.717, 1.165) is 17.8 Å². The summed E-state index contributed by atoms with van der Waals surface area (Å²) in [5.74, 6) is -0.880. The molecule has 1 aromatic carbocycles. The molecule has 1 aromatic heterocycles. The van der Waals surface area contributed by atoms with Gasteiger partial charge < -0.3 is 0 Å². The lowest BCUT2D eigenvalue weighted by atomic mass is 9.88. The lowest BCUT2D eigenvalue weighted by Crippen LogP contribution is -2.13. The van der Waals surface area contributed by atoms with Crippen LogP contribution in [0, 0.1) is 6.92 Å². The molecule has 1 heterocycles. The van der Waals surface area contributed by atoms with Gasteiger partial charge in [0.15, 0.2) is 0 Å². The number of benzene rings is 1. The van der Waals surface area contributed by atoms with E-state index in [0.29, 0.717) is 16.1 Å². The van der Waals surface area contributed by atoms with Crippen molar-refractivity contribution >= 4 is 17.4 Å². The van der Waals surface area contributed by atoms with Crippen molar-refractivity contribution in [3.05, 3.63) is 63.9 Å². The second-order valence-corrected chi connectivity index (χ2v) is 5.43. The number of aromatic nitrogens is 1. The zero-order valence-electron chi connectivity index (χ0n) is 11.9. The largest absolute Gasteiger partial charge is 0.433 e. The molecule has 0 spiro atoms. The number of aryl methyl sites for hydroxylation is 1. The summed E-state index contributed by atoms with van der Waals surface area (Å²) in [7, 11) is 0. The molecular weight excluding hydrogens is 315 g/mol. The molecule has 0 bridgehead atoms. The van der Waals surface area contributed by atoms with Gasteiger partial charge in [-0.2, -0.15) is 13.2 Å². The number of rotatable bonds is 3. The van der Waals surface area contributed by atoms with Gasteiger partial charge >= 0.3 is 6.18 Å². The van der Waals surface area contributed by atoms with Gasteiger partial charge in [0.05, 0.1) is 5.92 Å². The van der Waals surface area contributed by atoms with Gasteiger partial charge in [-0.25, -0.2) is 0 Å². The summed E-state index contributed by atoms with van der Waals surface area (Å²) in [5.41, 5.74) is 0.906. The molecule has 0 amide bonds. The minimum Gasteiger partial charge on any atom is -0.299 e. The number of pyridine rings is 1. The average molecular weight is 328 g/mol. The molecule has 0 aliphatic carbocycles. The van der Waals surface area contributed by atoms with Crippen molar-refractivity contribution in [2.75, 3.05) is 0 Å². The number of carbonyl (C=O) groups excluding carboxylic acids is 1. The first kappa shape index (κ1) is 16.5. The standard InChI is InChI=1S/C16H13ClF3NO/c1-9-3-4-11(7-13(9)17)15(10(2)22)12-5-6-14(21-8-12)16(18,19)20/h3-8,15H,1-2H3. The van der Waals surface area contributed by atoms with Crippen LogP contribution in [-0.2, 0) is 11.0 Å². The number of hydrogen-bond donors (Lipinski definition) is 0. The van der Waals surface area contributed by atoms with Crippen LogP contribution in [0.4, 0.5) is 13.2 Å². The number of alkyl halides is 3. The molecule has 2 rings (SSSR count). The number of ketones is 1. The molecule has 2 nitrogen and oxygen atoms in total. The molecule has 22 heavy (non-hydrogen) atoms. The van der Waals surface area contributed by atoms with E-state index in [1.807, 2.05) is 6.92 Å². The van der Waals surface area contributed by atoms with Crippen LogP contribution < -0.4 is 0 Å². The SMILES string of the molecule is CC(=O)C(c1ccc(C(F)(F)F)nc1)c1ccc(C)c(Cl)c1. The summed E-state index contributed by atoms with van der Waals surface area (Å²) in [5, 5.41) is 0.503. The van der Waals surface area contributed by atoms with Crippen LogP contribution in [0.2, 0.25) is 5.02 Å². The zero-order valence-corrected chi connectivity index (χ0v) is 12.7. The van der Waals surface area contributed by atoms with Crippen molar-refractivity contribution in [2.24, 2.45) is 0 Å². The van der Waals surface area contributed by atoms with Crippen molar-refractivity contribution in [2.45, 2.75) is 25.9 Å². The molecule has 0 saturated heterocycles. The lowest BCUT2D eigenvalue weighted by Gasteiger charge is -2.16. The fraction of sp³-hybridized carbons (Fsp3) is 0.250. The third kappa shape index (κ3) is 3.47. The Hall–Kier alpha value is -1.88. The molecule has 6 heteroatoms. The minimum atomic E-state index is -4.50. The Labute approximate surface area is 130 Å². The van der Waals surface area contributed by atoms with Gasteiger partial charge in [0.25, 0.3) is 0 Å². The van der Waals surface area contributed by atoms with E-state index in [1.54, 1.807) is 18.2 Å². The summed E-state index contributed by atoms with van der Waals surface area (Å²) in [6.45, 7) is 3.21. The van der Waals surface area contributed by atoms with Gasteiger partial charge in [0.1, 0.15) is 11.5 Å². The molecule has 0 aliphatic heterocycles. The van der Waals surface area contributed by atoms with Gasteiger partial charge in [-0.3, -0.25) is 9.78 Å². The van der Waals surface area contributed by atoms with Crippen molar-refractivity contribution in [3.63, 3.8) is 0 Å². The van der Waals surface area contributed by atoms with Crippen molar-refractivity contribution in [1.29, 1.82) is 0 Å². The highest BCUT2D eigenvalue weighted by Crippen LogP contribution is 2.31. The van der Waals surface area contributed by atoms with Crippen LogP contribution in [0.5, 0.6) is 0 Å². The minimum absolute atomic E-state index is 0.193. The van der Waals surface area contributed by atoms with Gasteiger partial charge in [-0.15, -0.1) is 0 Å².